The van der Waals surface area contributed by atoms with E-state index in [9.17, 15) is 0 Å². The number of rotatable bonds is 7. The molecule has 0 saturated carbocycles. The summed E-state index contributed by atoms with van der Waals surface area (Å²) in [5.41, 5.74) is 7.03. The molecule has 0 aromatic heterocycles. The first-order chi connectivity index (χ1) is 8.90. The minimum Gasteiger partial charge on any atom is -0.490 e. The third-order valence-corrected chi connectivity index (χ3v) is 3.19. The average Bonchev–Trinajstić information content (AvgIpc) is 2.32. The van der Waals surface area contributed by atoms with Gasteiger partial charge < -0.3 is 15.2 Å². The van der Waals surface area contributed by atoms with Gasteiger partial charge in [0.1, 0.15) is 0 Å². The van der Waals surface area contributed by atoms with Gasteiger partial charge in [0.2, 0.25) is 0 Å². The Morgan fingerprint density at radius 2 is 1.68 bits per heavy atom. The Kier molecular flexibility index (Phi) is 5.63. The number of hydrogen-bond acceptors (Lipinski definition) is 4. The molecule has 0 amide bonds. The first-order valence-corrected chi connectivity index (χ1v) is 6.75. The van der Waals surface area contributed by atoms with Gasteiger partial charge in [0.15, 0.2) is 11.5 Å². The van der Waals surface area contributed by atoms with Gasteiger partial charge in [-0.05, 0) is 52.6 Å². The van der Waals surface area contributed by atoms with E-state index in [2.05, 4.69) is 0 Å². The Hall–Kier alpha value is -1.26. The zero-order valence-corrected chi connectivity index (χ0v) is 12.7. The van der Waals surface area contributed by atoms with Crippen LogP contribution in [0.2, 0.25) is 0 Å². The van der Waals surface area contributed by atoms with Gasteiger partial charge in [-0.3, -0.25) is 4.90 Å². The smallest absolute Gasteiger partial charge is 0.161 e. The van der Waals surface area contributed by atoms with Crippen molar-refractivity contribution in [3.05, 3.63) is 23.8 Å². The van der Waals surface area contributed by atoms with Crippen molar-refractivity contribution in [1.29, 1.82) is 0 Å². The van der Waals surface area contributed by atoms with Crippen LogP contribution >= 0.6 is 0 Å². The number of hydrogen-bond donors (Lipinski definition) is 1. The molecule has 0 aliphatic carbocycles. The summed E-state index contributed by atoms with van der Waals surface area (Å²) in [6.07, 6.45) is 0.756. The first-order valence-electron chi connectivity index (χ1n) is 6.75. The van der Waals surface area contributed by atoms with E-state index in [1.807, 2.05) is 58.0 Å². The second-order valence-electron chi connectivity index (χ2n) is 5.08. The molecule has 19 heavy (non-hydrogen) atoms. The maximum Gasteiger partial charge on any atom is 0.161 e. The van der Waals surface area contributed by atoms with Gasteiger partial charge in [-0.1, -0.05) is 6.07 Å². The topological polar surface area (TPSA) is 47.7 Å². The molecule has 0 fully saturated rings. The average molecular weight is 266 g/mol. The van der Waals surface area contributed by atoms with E-state index in [1.54, 1.807) is 0 Å². The van der Waals surface area contributed by atoms with Gasteiger partial charge in [-0.2, -0.15) is 0 Å². The summed E-state index contributed by atoms with van der Waals surface area (Å²) in [5.74, 6) is 1.58. The third-order valence-electron chi connectivity index (χ3n) is 3.19. The molecule has 108 valence electrons. The summed E-state index contributed by atoms with van der Waals surface area (Å²) in [6, 6.07) is 6.01. The van der Waals surface area contributed by atoms with E-state index in [1.165, 1.54) is 0 Å². The number of likely N-dealkylation sites (N-methyl/N-ethyl adjacent to an activating group) is 1. The van der Waals surface area contributed by atoms with Crippen LogP contribution in [0.15, 0.2) is 18.2 Å². The van der Waals surface area contributed by atoms with Crippen molar-refractivity contribution in [3.63, 3.8) is 0 Å². The lowest BCUT2D eigenvalue weighted by atomic mass is 10.0. The van der Waals surface area contributed by atoms with Crippen LogP contribution in [-0.2, 0) is 6.42 Å². The molecule has 4 heteroatoms. The summed E-state index contributed by atoms with van der Waals surface area (Å²) in [5, 5.41) is 0. The number of nitrogens with two attached hydrogens (primary N) is 1. The van der Waals surface area contributed by atoms with Gasteiger partial charge >= 0.3 is 0 Å². The second-order valence-corrected chi connectivity index (χ2v) is 5.08. The molecule has 0 bridgehead atoms. The molecule has 1 atom stereocenters. The van der Waals surface area contributed by atoms with Crippen molar-refractivity contribution in [2.45, 2.75) is 32.9 Å². The van der Waals surface area contributed by atoms with Crippen molar-refractivity contribution < 1.29 is 9.47 Å². The Labute approximate surface area is 116 Å². The largest absolute Gasteiger partial charge is 0.490 e. The van der Waals surface area contributed by atoms with Crippen LogP contribution in [-0.4, -0.2) is 37.9 Å². The monoisotopic (exact) mass is 266 g/mol. The van der Waals surface area contributed by atoms with E-state index in [0.29, 0.717) is 13.2 Å². The van der Waals surface area contributed by atoms with Crippen LogP contribution in [0, 0.1) is 0 Å². The number of ether oxygens (including phenoxy) is 2. The Balaban J connectivity index is 2.94. The van der Waals surface area contributed by atoms with Crippen LogP contribution in [0.5, 0.6) is 11.5 Å². The fourth-order valence-corrected chi connectivity index (χ4v) is 1.78. The van der Waals surface area contributed by atoms with E-state index >= 15 is 0 Å². The molecule has 2 N–H and O–H groups in total. The van der Waals surface area contributed by atoms with Crippen molar-refractivity contribution >= 4 is 0 Å². The lowest BCUT2D eigenvalue weighted by Gasteiger charge is -2.32. The second kappa shape index (κ2) is 6.78. The Morgan fingerprint density at radius 3 is 2.21 bits per heavy atom. The Bertz CT molecular complexity index is 403. The van der Waals surface area contributed by atoms with Crippen LogP contribution < -0.4 is 15.2 Å². The highest BCUT2D eigenvalue weighted by molar-refractivity contribution is 5.43. The van der Waals surface area contributed by atoms with Crippen molar-refractivity contribution in [2.75, 3.05) is 27.3 Å². The summed E-state index contributed by atoms with van der Waals surface area (Å²) in [4.78, 5) is 2.02. The number of benzene rings is 1. The molecule has 0 aliphatic rings. The molecule has 0 heterocycles. The van der Waals surface area contributed by atoms with E-state index in [0.717, 1.165) is 23.5 Å². The van der Waals surface area contributed by atoms with E-state index in [4.69, 9.17) is 15.2 Å². The van der Waals surface area contributed by atoms with E-state index < -0.39 is 0 Å². The van der Waals surface area contributed by atoms with Gasteiger partial charge in [-0.25, -0.2) is 0 Å². The highest BCUT2D eigenvalue weighted by Gasteiger charge is 2.22. The SMILES string of the molecule is CCOc1ccc(CC(C)(N)N(C)C)cc1OCC. The maximum atomic E-state index is 6.27. The molecule has 0 saturated heterocycles. The summed E-state index contributed by atoms with van der Waals surface area (Å²) < 4.78 is 11.2. The number of nitrogens with zero attached hydrogens (tertiary/aromatic N) is 1. The van der Waals surface area contributed by atoms with Crippen molar-refractivity contribution in [2.24, 2.45) is 5.73 Å². The summed E-state index contributed by atoms with van der Waals surface area (Å²) >= 11 is 0. The predicted molar refractivity (Wildman–Crippen MR) is 78.8 cm³/mol. The lowest BCUT2D eigenvalue weighted by molar-refractivity contribution is 0.180. The predicted octanol–water partition coefficient (Wildman–Crippen LogP) is 2.26. The van der Waals surface area contributed by atoms with Crippen LogP contribution in [0.4, 0.5) is 0 Å². The van der Waals surface area contributed by atoms with Gasteiger partial charge in [0, 0.05) is 6.42 Å². The minimum atomic E-state index is -0.378. The molecule has 0 radical (unpaired) electrons. The summed E-state index contributed by atoms with van der Waals surface area (Å²) in [7, 11) is 3.97. The van der Waals surface area contributed by atoms with Crippen molar-refractivity contribution in [3.8, 4) is 11.5 Å². The highest BCUT2D eigenvalue weighted by atomic mass is 16.5. The lowest BCUT2D eigenvalue weighted by Crippen LogP contribution is -2.51. The van der Waals surface area contributed by atoms with Gasteiger partial charge in [-0.15, -0.1) is 0 Å². The molecule has 1 rings (SSSR count). The molecule has 4 nitrogen and oxygen atoms in total. The summed E-state index contributed by atoms with van der Waals surface area (Å²) in [6.45, 7) is 7.20. The van der Waals surface area contributed by atoms with Crippen LogP contribution in [0.3, 0.4) is 0 Å². The molecule has 1 aromatic rings. The fraction of sp³-hybridized carbons (Fsp3) is 0.600. The third kappa shape index (κ3) is 4.40. The maximum absolute atomic E-state index is 6.27. The first kappa shape index (κ1) is 15.8. The molecular formula is C15H26N2O2. The molecule has 1 aromatic carbocycles. The minimum absolute atomic E-state index is 0.378. The fourth-order valence-electron chi connectivity index (χ4n) is 1.78. The zero-order chi connectivity index (χ0) is 14.5. The van der Waals surface area contributed by atoms with E-state index in [-0.39, 0.29) is 5.66 Å². The quantitative estimate of drug-likeness (QED) is 0.769. The van der Waals surface area contributed by atoms with Crippen LogP contribution in [0.25, 0.3) is 0 Å². The highest BCUT2D eigenvalue weighted by Crippen LogP contribution is 2.29. The Morgan fingerprint density at radius 1 is 1.11 bits per heavy atom. The molecule has 0 spiro atoms. The zero-order valence-electron chi connectivity index (χ0n) is 12.7. The van der Waals surface area contributed by atoms with Crippen LogP contribution in [0.1, 0.15) is 26.3 Å². The van der Waals surface area contributed by atoms with Gasteiger partial charge in [0.25, 0.3) is 0 Å². The standard InChI is InChI=1S/C15H26N2O2/c1-6-18-13-9-8-12(10-14(13)19-7-2)11-15(3,16)17(4)5/h8-10H,6-7,11,16H2,1-5H3. The molecular weight excluding hydrogens is 240 g/mol. The molecule has 1 unspecified atom stereocenters. The molecule has 0 aliphatic heterocycles. The normalized spacial score (nSPS) is 14.3. The van der Waals surface area contributed by atoms with Crippen molar-refractivity contribution in [1.82, 2.24) is 4.90 Å². The van der Waals surface area contributed by atoms with Gasteiger partial charge in [0.05, 0.1) is 18.9 Å².